The van der Waals surface area contributed by atoms with Crippen LogP contribution in [-0.4, -0.2) is 18.7 Å². The molecule has 0 aliphatic heterocycles. The highest BCUT2D eigenvalue weighted by Gasteiger charge is 2.18. The van der Waals surface area contributed by atoms with Crippen molar-refractivity contribution in [2.45, 2.75) is 0 Å². The topological polar surface area (TPSA) is 27.7 Å². The van der Waals surface area contributed by atoms with Gasteiger partial charge in [0.25, 0.3) is 0 Å². The second kappa shape index (κ2) is 5.86. The zero-order valence-corrected chi connectivity index (χ0v) is 17.0. The van der Waals surface area contributed by atoms with Gasteiger partial charge in [-0.1, -0.05) is 40.2 Å². The Labute approximate surface area is 165 Å². The molecule has 0 amide bonds. The van der Waals surface area contributed by atoms with Crippen molar-refractivity contribution in [1.82, 2.24) is 18.7 Å². The van der Waals surface area contributed by atoms with Crippen LogP contribution in [0.5, 0.6) is 0 Å². The summed E-state index contributed by atoms with van der Waals surface area (Å²) in [5.41, 5.74) is 5.89. The summed E-state index contributed by atoms with van der Waals surface area (Å²) in [6, 6.07) is 14.9. The molecule has 5 heteroatoms. The second-order valence-electron chi connectivity index (χ2n) is 7.01. The minimum absolute atomic E-state index is 0.982. The Bertz CT molecular complexity index is 1320. The quantitative estimate of drug-likeness (QED) is 0.371. The van der Waals surface area contributed by atoms with Crippen molar-refractivity contribution in [3.63, 3.8) is 0 Å². The Morgan fingerprint density at radius 3 is 2.37 bits per heavy atom. The summed E-state index contributed by atoms with van der Waals surface area (Å²) in [6.45, 7) is 0. The smallest absolute Gasteiger partial charge is 0.142 e. The molecule has 0 bridgehead atoms. The van der Waals surface area contributed by atoms with Crippen molar-refractivity contribution in [1.29, 1.82) is 0 Å². The van der Waals surface area contributed by atoms with Gasteiger partial charge >= 0.3 is 0 Å². The number of para-hydroxylation sites is 1. The van der Waals surface area contributed by atoms with Crippen LogP contribution >= 0.6 is 15.9 Å². The zero-order valence-electron chi connectivity index (χ0n) is 15.4. The van der Waals surface area contributed by atoms with Crippen molar-refractivity contribution in [2.75, 3.05) is 0 Å². The molecule has 0 atom stereocenters. The minimum Gasteiger partial charge on any atom is -0.350 e. The van der Waals surface area contributed by atoms with Crippen LogP contribution in [0.1, 0.15) is 0 Å². The van der Waals surface area contributed by atoms with E-state index in [-0.39, 0.29) is 0 Å². The predicted octanol–water partition coefficient (Wildman–Crippen LogP) is 5.50. The number of hydrogen-bond acceptors (Lipinski definition) is 1. The van der Waals surface area contributed by atoms with E-state index in [1.165, 1.54) is 27.4 Å². The lowest BCUT2D eigenvalue weighted by molar-refractivity contribution is 0.923. The molecule has 134 valence electrons. The lowest BCUT2D eigenvalue weighted by atomic mass is 10.1. The first-order valence-electron chi connectivity index (χ1n) is 8.85. The number of rotatable bonds is 2. The van der Waals surface area contributed by atoms with E-state index < -0.39 is 0 Å². The van der Waals surface area contributed by atoms with Gasteiger partial charge in [-0.25, -0.2) is 4.98 Å². The van der Waals surface area contributed by atoms with Crippen LogP contribution in [0.15, 0.2) is 65.5 Å². The van der Waals surface area contributed by atoms with E-state index in [1.807, 2.05) is 6.20 Å². The molecule has 0 aliphatic carbocycles. The first-order chi connectivity index (χ1) is 13.0. The summed E-state index contributed by atoms with van der Waals surface area (Å²) >= 11 is 3.57. The fourth-order valence-corrected chi connectivity index (χ4v) is 4.34. The molecule has 3 aromatic heterocycles. The van der Waals surface area contributed by atoms with Gasteiger partial charge in [0, 0.05) is 70.9 Å². The van der Waals surface area contributed by atoms with Crippen LogP contribution in [-0.2, 0) is 21.1 Å². The highest BCUT2D eigenvalue weighted by molar-refractivity contribution is 9.10. The average Bonchev–Trinajstić information content (AvgIpc) is 3.30. The average molecular weight is 419 g/mol. The molecule has 4 nitrogen and oxygen atoms in total. The largest absolute Gasteiger partial charge is 0.350 e. The van der Waals surface area contributed by atoms with Gasteiger partial charge < -0.3 is 13.7 Å². The SMILES string of the molecule is Cn1c(-c2cn(C)c3cc(Br)ccc23)cnc1-c1cn(C)c2ccccc12. The van der Waals surface area contributed by atoms with Crippen LogP contribution in [0.4, 0.5) is 0 Å². The summed E-state index contributed by atoms with van der Waals surface area (Å²) in [6.07, 6.45) is 6.33. The Morgan fingerprint density at radius 1 is 0.815 bits per heavy atom. The molecule has 0 saturated carbocycles. The molecule has 0 aliphatic rings. The minimum atomic E-state index is 0.982. The number of imidazole rings is 1. The highest BCUT2D eigenvalue weighted by atomic mass is 79.9. The Morgan fingerprint density at radius 2 is 1.52 bits per heavy atom. The van der Waals surface area contributed by atoms with Crippen molar-refractivity contribution in [3.05, 3.63) is 65.5 Å². The number of nitrogens with zero attached hydrogens (tertiary/aromatic N) is 4. The Kier molecular flexibility index (Phi) is 3.56. The van der Waals surface area contributed by atoms with E-state index in [1.54, 1.807) is 0 Å². The van der Waals surface area contributed by atoms with E-state index in [2.05, 4.69) is 106 Å². The first-order valence-corrected chi connectivity index (χ1v) is 9.65. The molecule has 0 unspecified atom stereocenters. The number of halogens is 1. The number of aryl methyl sites for hydroxylation is 2. The molecule has 0 spiro atoms. The van der Waals surface area contributed by atoms with Crippen molar-refractivity contribution in [3.8, 4) is 22.6 Å². The van der Waals surface area contributed by atoms with Gasteiger partial charge in [0.15, 0.2) is 0 Å². The Hall–Kier alpha value is -2.79. The van der Waals surface area contributed by atoms with E-state index in [0.717, 1.165) is 21.6 Å². The maximum atomic E-state index is 4.79. The summed E-state index contributed by atoms with van der Waals surface area (Å²) in [4.78, 5) is 4.79. The van der Waals surface area contributed by atoms with Crippen LogP contribution in [0, 0.1) is 0 Å². The molecule has 5 aromatic rings. The van der Waals surface area contributed by atoms with E-state index in [9.17, 15) is 0 Å². The fraction of sp³-hybridized carbons (Fsp3) is 0.136. The van der Waals surface area contributed by atoms with Gasteiger partial charge in [0.2, 0.25) is 0 Å². The molecular weight excluding hydrogens is 400 g/mol. The second-order valence-corrected chi connectivity index (χ2v) is 7.93. The zero-order chi connectivity index (χ0) is 18.7. The van der Waals surface area contributed by atoms with Crippen LogP contribution in [0.25, 0.3) is 44.5 Å². The molecular formula is C22H19BrN4. The summed E-state index contributed by atoms with van der Waals surface area (Å²) in [7, 11) is 6.26. The number of hydrogen-bond donors (Lipinski definition) is 0. The summed E-state index contributed by atoms with van der Waals surface area (Å²) in [5.74, 6) is 0.982. The summed E-state index contributed by atoms with van der Waals surface area (Å²) < 4.78 is 7.61. The van der Waals surface area contributed by atoms with Gasteiger partial charge in [-0.15, -0.1) is 0 Å². The normalized spacial score (nSPS) is 11.7. The van der Waals surface area contributed by atoms with Crippen LogP contribution < -0.4 is 0 Å². The van der Waals surface area contributed by atoms with Gasteiger partial charge in [-0.05, 0) is 18.2 Å². The van der Waals surface area contributed by atoms with E-state index in [0.29, 0.717) is 0 Å². The summed E-state index contributed by atoms with van der Waals surface area (Å²) in [5, 5.41) is 2.45. The first kappa shape index (κ1) is 16.4. The van der Waals surface area contributed by atoms with Gasteiger partial charge in [-0.2, -0.15) is 0 Å². The van der Waals surface area contributed by atoms with Crippen molar-refractivity contribution >= 4 is 37.7 Å². The predicted molar refractivity (Wildman–Crippen MR) is 115 cm³/mol. The number of benzene rings is 2. The monoisotopic (exact) mass is 418 g/mol. The Balaban J connectivity index is 1.73. The third-order valence-electron chi connectivity index (χ3n) is 5.35. The van der Waals surface area contributed by atoms with Crippen molar-refractivity contribution in [2.24, 2.45) is 21.1 Å². The standard InChI is InChI=1S/C22H19BrN4/c1-25-13-18(15-6-4-5-7-19(15)25)22-24-11-21(27(22)3)17-12-26(2)20-10-14(23)8-9-16(17)20/h4-13H,1-3H3. The maximum Gasteiger partial charge on any atom is 0.142 e. The van der Waals surface area contributed by atoms with Gasteiger partial charge in [-0.3, -0.25) is 0 Å². The van der Waals surface area contributed by atoms with Gasteiger partial charge in [0.1, 0.15) is 5.82 Å². The molecule has 0 N–H and O–H groups in total. The fourth-order valence-electron chi connectivity index (χ4n) is 3.99. The van der Waals surface area contributed by atoms with Crippen molar-refractivity contribution < 1.29 is 0 Å². The molecule has 0 radical (unpaired) electrons. The molecule has 3 heterocycles. The maximum absolute atomic E-state index is 4.79. The molecule has 0 saturated heterocycles. The number of aromatic nitrogens is 4. The third kappa shape index (κ3) is 2.38. The lowest BCUT2D eigenvalue weighted by Gasteiger charge is -2.05. The lowest BCUT2D eigenvalue weighted by Crippen LogP contribution is -1.95. The van der Waals surface area contributed by atoms with E-state index in [4.69, 9.17) is 4.98 Å². The molecule has 0 fully saturated rings. The van der Waals surface area contributed by atoms with Crippen LogP contribution in [0.2, 0.25) is 0 Å². The van der Waals surface area contributed by atoms with Crippen LogP contribution in [0.3, 0.4) is 0 Å². The number of fused-ring (bicyclic) bond motifs is 2. The van der Waals surface area contributed by atoms with E-state index >= 15 is 0 Å². The van der Waals surface area contributed by atoms with Gasteiger partial charge in [0.05, 0.1) is 11.9 Å². The molecule has 2 aromatic carbocycles. The highest BCUT2D eigenvalue weighted by Crippen LogP contribution is 2.35. The molecule has 27 heavy (non-hydrogen) atoms. The molecule has 5 rings (SSSR count). The third-order valence-corrected chi connectivity index (χ3v) is 5.85.